The molecule has 6 heteroatoms. The van der Waals surface area contributed by atoms with Gasteiger partial charge in [-0.1, -0.05) is 42.5 Å². The standard InChI is InChI=1S/C24H30NO4P/c1-24(2,3)29-23(27)21-16-17-25(22(21)15-10-18-26)30(28,19-11-6-4-7-12-19)20-13-8-5-9-14-20/h4-9,11-14,16,22,26H,10,15,17-18H2,1-3H3/t22-/m1/s1. The van der Waals surface area contributed by atoms with Gasteiger partial charge in [0.05, 0.1) is 5.57 Å². The Morgan fingerprint density at radius 2 is 1.60 bits per heavy atom. The van der Waals surface area contributed by atoms with Crippen LogP contribution in [-0.2, 0) is 14.1 Å². The van der Waals surface area contributed by atoms with Crippen molar-refractivity contribution in [3.63, 3.8) is 0 Å². The number of aliphatic hydroxyl groups is 1. The van der Waals surface area contributed by atoms with Crippen molar-refractivity contribution in [2.75, 3.05) is 13.2 Å². The average molecular weight is 427 g/mol. The minimum absolute atomic E-state index is 0.00686. The number of carbonyl (C=O) groups excluding carboxylic acids is 1. The van der Waals surface area contributed by atoms with E-state index in [1.54, 1.807) is 0 Å². The third-order valence-corrected chi connectivity index (χ3v) is 8.22. The smallest absolute Gasteiger partial charge is 0.335 e. The summed E-state index contributed by atoms with van der Waals surface area (Å²) in [5.74, 6) is -0.388. The van der Waals surface area contributed by atoms with Crippen LogP contribution in [0.25, 0.3) is 0 Å². The van der Waals surface area contributed by atoms with E-state index in [-0.39, 0.29) is 12.6 Å². The van der Waals surface area contributed by atoms with E-state index in [1.165, 1.54) is 0 Å². The Morgan fingerprint density at radius 3 is 2.07 bits per heavy atom. The summed E-state index contributed by atoms with van der Waals surface area (Å²) in [4.78, 5) is 12.9. The number of nitrogens with zero attached hydrogens (tertiary/aromatic N) is 1. The molecule has 0 fully saturated rings. The van der Waals surface area contributed by atoms with Crippen LogP contribution in [-0.4, -0.2) is 40.5 Å². The maximum Gasteiger partial charge on any atom is 0.335 e. The molecular formula is C24H30NO4P. The van der Waals surface area contributed by atoms with Crippen molar-refractivity contribution in [3.05, 3.63) is 72.3 Å². The Labute approximate surface area is 178 Å². The SMILES string of the molecule is CC(C)(C)OC(=O)C1=CCN(P(=O)(c2ccccc2)c2ccccc2)[C@@H]1CCCO. The van der Waals surface area contributed by atoms with Crippen LogP contribution in [0, 0.1) is 0 Å². The van der Waals surface area contributed by atoms with E-state index in [0.29, 0.717) is 25.0 Å². The molecule has 1 aliphatic rings. The Balaban J connectivity index is 2.05. The fraction of sp³-hybridized carbons (Fsp3) is 0.375. The van der Waals surface area contributed by atoms with Crippen LogP contribution >= 0.6 is 7.29 Å². The normalized spacial score (nSPS) is 17.6. The minimum atomic E-state index is -3.20. The summed E-state index contributed by atoms with van der Waals surface area (Å²) in [5.41, 5.74) is -0.0967. The molecule has 2 aromatic carbocycles. The molecule has 2 aromatic rings. The zero-order valence-corrected chi connectivity index (χ0v) is 18.7. The number of hydrogen-bond donors (Lipinski definition) is 1. The molecule has 0 radical (unpaired) electrons. The summed E-state index contributed by atoms with van der Waals surface area (Å²) in [7, 11) is -3.20. The lowest BCUT2D eigenvalue weighted by Crippen LogP contribution is -2.39. The van der Waals surface area contributed by atoms with E-state index in [9.17, 15) is 14.5 Å². The van der Waals surface area contributed by atoms with Gasteiger partial charge in [0, 0.05) is 29.8 Å². The molecule has 0 saturated heterocycles. The number of hydrogen-bond acceptors (Lipinski definition) is 4. The first kappa shape index (κ1) is 22.5. The lowest BCUT2D eigenvalue weighted by molar-refractivity contribution is -0.150. The maximum absolute atomic E-state index is 14.7. The van der Waals surface area contributed by atoms with E-state index in [2.05, 4.69) is 0 Å². The quantitative estimate of drug-likeness (QED) is 0.540. The lowest BCUT2D eigenvalue weighted by atomic mass is 10.0. The van der Waals surface area contributed by atoms with Gasteiger partial charge in [-0.25, -0.2) is 9.46 Å². The van der Waals surface area contributed by atoms with Gasteiger partial charge in [-0.05, 0) is 57.9 Å². The molecule has 1 atom stereocenters. The molecule has 0 amide bonds. The minimum Gasteiger partial charge on any atom is -0.457 e. The zero-order valence-electron chi connectivity index (χ0n) is 17.8. The topological polar surface area (TPSA) is 66.8 Å². The third-order valence-electron chi connectivity index (χ3n) is 5.06. The van der Waals surface area contributed by atoms with Crippen molar-refractivity contribution in [1.82, 2.24) is 4.67 Å². The molecule has 0 bridgehead atoms. The summed E-state index contributed by atoms with van der Waals surface area (Å²) in [5, 5.41) is 10.9. The highest BCUT2D eigenvalue weighted by Gasteiger charge is 2.44. The van der Waals surface area contributed by atoms with Crippen molar-refractivity contribution in [2.45, 2.75) is 45.3 Å². The van der Waals surface area contributed by atoms with Gasteiger partial charge in [-0.3, -0.25) is 4.57 Å². The van der Waals surface area contributed by atoms with E-state index in [1.807, 2.05) is 92.2 Å². The van der Waals surface area contributed by atoms with Gasteiger partial charge in [0.2, 0.25) is 7.29 Å². The summed E-state index contributed by atoms with van der Waals surface area (Å²) in [6, 6.07) is 18.4. The van der Waals surface area contributed by atoms with Gasteiger partial charge in [0.15, 0.2) is 0 Å². The highest BCUT2D eigenvalue weighted by Crippen LogP contribution is 2.52. The molecule has 30 heavy (non-hydrogen) atoms. The molecule has 0 aliphatic carbocycles. The predicted octanol–water partition coefficient (Wildman–Crippen LogP) is 3.64. The number of aliphatic hydroxyl groups excluding tert-OH is 1. The number of esters is 1. The number of benzene rings is 2. The molecule has 5 nitrogen and oxygen atoms in total. The van der Waals surface area contributed by atoms with Crippen LogP contribution < -0.4 is 10.6 Å². The van der Waals surface area contributed by atoms with Crippen LogP contribution in [0.1, 0.15) is 33.6 Å². The van der Waals surface area contributed by atoms with E-state index >= 15 is 0 Å². The Kier molecular flexibility index (Phi) is 6.97. The largest absolute Gasteiger partial charge is 0.457 e. The molecule has 0 spiro atoms. The van der Waals surface area contributed by atoms with Gasteiger partial charge < -0.3 is 9.84 Å². The number of rotatable bonds is 7. The molecule has 3 rings (SSSR count). The van der Waals surface area contributed by atoms with Gasteiger partial charge in [0.1, 0.15) is 5.60 Å². The summed E-state index contributed by atoms with van der Waals surface area (Å²) >= 11 is 0. The third kappa shape index (κ3) is 4.75. The molecule has 0 unspecified atom stereocenters. The van der Waals surface area contributed by atoms with Crippen LogP contribution in [0.15, 0.2) is 72.3 Å². The molecule has 160 valence electrons. The monoisotopic (exact) mass is 427 g/mol. The van der Waals surface area contributed by atoms with Crippen molar-refractivity contribution >= 4 is 23.9 Å². The van der Waals surface area contributed by atoms with Crippen LogP contribution in [0.3, 0.4) is 0 Å². The first-order chi connectivity index (χ1) is 14.3. The van der Waals surface area contributed by atoms with Gasteiger partial charge in [-0.15, -0.1) is 0 Å². The molecular weight excluding hydrogens is 397 g/mol. The van der Waals surface area contributed by atoms with Crippen molar-refractivity contribution < 1.29 is 19.2 Å². The van der Waals surface area contributed by atoms with Gasteiger partial charge >= 0.3 is 5.97 Å². The number of ether oxygens (including phenoxy) is 1. The zero-order chi connectivity index (χ0) is 21.8. The van der Waals surface area contributed by atoms with E-state index in [4.69, 9.17) is 4.74 Å². The van der Waals surface area contributed by atoms with Crippen molar-refractivity contribution in [2.24, 2.45) is 0 Å². The Bertz CT molecular complexity index is 891. The van der Waals surface area contributed by atoms with E-state index < -0.39 is 18.9 Å². The van der Waals surface area contributed by atoms with Gasteiger partial charge in [0.25, 0.3) is 0 Å². The average Bonchev–Trinajstić information content (AvgIpc) is 3.16. The second-order valence-electron chi connectivity index (χ2n) is 8.41. The predicted molar refractivity (Wildman–Crippen MR) is 121 cm³/mol. The van der Waals surface area contributed by atoms with Crippen LogP contribution in [0.4, 0.5) is 0 Å². The highest BCUT2D eigenvalue weighted by atomic mass is 31.2. The summed E-state index contributed by atoms with van der Waals surface area (Å²) in [6.07, 6.45) is 2.85. The molecule has 0 saturated carbocycles. The number of carbonyl (C=O) groups is 1. The fourth-order valence-electron chi connectivity index (χ4n) is 3.78. The molecule has 1 N–H and O–H groups in total. The first-order valence-corrected chi connectivity index (χ1v) is 12.0. The van der Waals surface area contributed by atoms with Crippen molar-refractivity contribution in [1.29, 1.82) is 0 Å². The molecule has 0 aromatic heterocycles. The Morgan fingerprint density at radius 1 is 1.07 bits per heavy atom. The maximum atomic E-state index is 14.7. The Hall–Kier alpha value is -2.20. The summed E-state index contributed by atoms with van der Waals surface area (Å²) < 4.78 is 22.3. The fourth-order valence-corrected chi connectivity index (χ4v) is 6.77. The molecule has 1 heterocycles. The van der Waals surface area contributed by atoms with Crippen LogP contribution in [0.2, 0.25) is 0 Å². The van der Waals surface area contributed by atoms with E-state index in [0.717, 1.165) is 10.6 Å². The second kappa shape index (κ2) is 9.30. The summed E-state index contributed by atoms with van der Waals surface area (Å²) in [6.45, 7) is 5.89. The first-order valence-electron chi connectivity index (χ1n) is 10.3. The van der Waals surface area contributed by atoms with Crippen molar-refractivity contribution in [3.8, 4) is 0 Å². The van der Waals surface area contributed by atoms with Crippen LogP contribution in [0.5, 0.6) is 0 Å². The molecule has 1 aliphatic heterocycles. The lowest BCUT2D eigenvalue weighted by Gasteiger charge is -2.35. The second-order valence-corrected chi connectivity index (χ2v) is 11.1. The van der Waals surface area contributed by atoms with Gasteiger partial charge in [-0.2, -0.15) is 0 Å². The highest BCUT2D eigenvalue weighted by molar-refractivity contribution is 7.76.